The Labute approximate surface area is 126 Å². The standard InChI is InChI=1S/C16H10ClNO3/c17-12-8-13(10-18-9-12)20-16(19)15-7-6-14(21-15)11-4-2-1-3-5-11/h1-10H. The van der Waals surface area contributed by atoms with Gasteiger partial charge < -0.3 is 9.15 Å². The molecule has 2 heterocycles. The van der Waals surface area contributed by atoms with Crippen molar-refractivity contribution in [2.45, 2.75) is 0 Å². The van der Waals surface area contributed by atoms with Crippen molar-refractivity contribution in [3.8, 4) is 17.1 Å². The number of esters is 1. The summed E-state index contributed by atoms with van der Waals surface area (Å²) in [6.45, 7) is 0. The van der Waals surface area contributed by atoms with Crippen LogP contribution < -0.4 is 4.74 Å². The third-order valence-electron chi connectivity index (χ3n) is 2.76. The number of ether oxygens (including phenoxy) is 1. The van der Waals surface area contributed by atoms with Gasteiger partial charge in [0.15, 0.2) is 5.75 Å². The Morgan fingerprint density at radius 3 is 2.67 bits per heavy atom. The second-order valence-electron chi connectivity index (χ2n) is 4.26. The Hall–Kier alpha value is -2.59. The lowest BCUT2D eigenvalue weighted by Gasteiger charge is -2.01. The minimum Gasteiger partial charge on any atom is -0.449 e. The van der Waals surface area contributed by atoms with Crippen molar-refractivity contribution < 1.29 is 13.9 Å². The molecular weight excluding hydrogens is 290 g/mol. The number of hydrogen-bond acceptors (Lipinski definition) is 4. The van der Waals surface area contributed by atoms with Gasteiger partial charge in [-0.25, -0.2) is 4.79 Å². The fourth-order valence-corrected chi connectivity index (χ4v) is 1.97. The predicted molar refractivity (Wildman–Crippen MR) is 78.3 cm³/mol. The summed E-state index contributed by atoms with van der Waals surface area (Å²) in [5.74, 6) is 0.395. The van der Waals surface area contributed by atoms with Crippen LogP contribution in [0.2, 0.25) is 5.02 Å². The number of carbonyl (C=O) groups excluding carboxylic acids is 1. The Morgan fingerprint density at radius 1 is 1.10 bits per heavy atom. The van der Waals surface area contributed by atoms with Crippen LogP contribution in [0, 0.1) is 0 Å². The van der Waals surface area contributed by atoms with Gasteiger partial charge in [0, 0.05) is 17.8 Å². The molecule has 2 aromatic heterocycles. The van der Waals surface area contributed by atoms with Gasteiger partial charge in [-0.05, 0) is 12.1 Å². The highest BCUT2D eigenvalue weighted by molar-refractivity contribution is 6.30. The van der Waals surface area contributed by atoms with Crippen LogP contribution in [0.25, 0.3) is 11.3 Å². The molecule has 3 aromatic rings. The van der Waals surface area contributed by atoms with Crippen molar-refractivity contribution >= 4 is 17.6 Å². The first-order valence-electron chi connectivity index (χ1n) is 6.20. The Bertz CT molecular complexity index is 768. The molecule has 0 aliphatic heterocycles. The van der Waals surface area contributed by atoms with Gasteiger partial charge in [0.25, 0.3) is 0 Å². The van der Waals surface area contributed by atoms with E-state index in [0.29, 0.717) is 10.8 Å². The van der Waals surface area contributed by atoms with Gasteiger partial charge in [0.1, 0.15) is 5.76 Å². The van der Waals surface area contributed by atoms with E-state index in [4.69, 9.17) is 20.8 Å². The van der Waals surface area contributed by atoms with Crippen LogP contribution in [0.3, 0.4) is 0 Å². The SMILES string of the molecule is O=C(Oc1cncc(Cl)c1)c1ccc(-c2ccccc2)o1. The normalized spacial score (nSPS) is 10.3. The predicted octanol–water partition coefficient (Wildman–Crippen LogP) is 4.21. The van der Waals surface area contributed by atoms with E-state index in [9.17, 15) is 4.79 Å². The summed E-state index contributed by atoms with van der Waals surface area (Å²) in [5.41, 5.74) is 0.890. The quantitative estimate of drug-likeness (QED) is 0.680. The van der Waals surface area contributed by atoms with Crippen molar-refractivity contribution in [3.63, 3.8) is 0 Å². The molecule has 0 bridgehead atoms. The summed E-state index contributed by atoms with van der Waals surface area (Å²) >= 11 is 5.78. The molecule has 0 radical (unpaired) electrons. The maximum absolute atomic E-state index is 12.0. The number of benzene rings is 1. The molecule has 0 amide bonds. The number of pyridine rings is 1. The highest BCUT2D eigenvalue weighted by Gasteiger charge is 2.14. The Balaban J connectivity index is 1.78. The number of halogens is 1. The lowest BCUT2D eigenvalue weighted by molar-refractivity contribution is 0.0702. The van der Waals surface area contributed by atoms with Crippen LogP contribution in [-0.4, -0.2) is 11.0 Å². The average molecular weight is 300 g/mol. The van der Waals surface area contributed by atoms with E-state index >= 15 is 0 Å². The molecule has 104 valence electrons. The van der Waals surface area contributed by atoms with E-state index in [0.717, 1.165) is 5.56 Å². The van der Waals surface area contributed by atoms with E-state index in [1.54, 1.807) is 12.1 Å². The van der Waals surface area contributed by atoms with E-state index in [-0.39, 0.29) is 11.5 Å². The topological polar surface area (TPSA) is 52.3 Å². The molecule has 1 aromatic carbocycles. The maximum atomic E-state index is 12.0. The molecule has 21 heavy (non-hydrogen) atoms. The smallest absolute Gasteiger partial charge is 0.379 e. The van der Waals surface area contributed by atoms with Gasteiger partial charge in [-0.15, -0.1) is 0 Å². The van der Waals surface area contributed by atoms with E-state index in [1.165, 1.54) is 18.5 Å². The summed E-state index contributed by atoms with van der Waals surface area (Å²) in [6.07, 6.45) is 2.87. The molecule has 0 aliphatic carbocycles. The second kappa shape index (κ2) is 5.81. The summed E-state index contributed by atoms with van der Waals surface area (Å²) in [7, 11) is 0. The van der Waals surface area contributed by atoms with E-state index in [2.05, 4.69) is 4.98 Å². The number of aromatic nitrogens is 1. The molecule has 4 nitrogen and oxygen atoms in total. The van der Waals surface area contributed by atoms with Gasteiger partial charge in [-0.3, -0.25) is 4.98 Å². The van der Waals surface area contributed by atoms with Crippen LogP contribution >= 0.6 is 11.6 Å². The van der Waals surface area contributed by atoms with Gasteiger partial charge in [-0.1, -0.05) is 41.9 Å². The van der Waals surface area contributed by atoms with E-state index in [1.807, 2.05) is 30.3 Å². The highest BCUT2D eigenvalue weighted by Crippen LogP contribution is 2.23. The zero-order chi connectivity index (χ0) is 14.7. The van der Waals surface area contributed by atoms with Gasteiger partial charge >= 0.3 is 5.97 Å². The maximum Gasteiger partial charge on any atom is 0.379 e. The first-order valence-corrected chi connectivity index (χ1v) is 6.58. The largest absolute Gasteiger partial charge is 0.449 e. The summed E-state index contributed by atoms with van der Waals surface area (Å²) in [5, 5.41) is 0.393. The molecule has 0 N–H and O–H groups in total. The zero-order valence-corrected chi connectivity index (χ0v) is 11.6. The molecule has 0 saturated carbocycles. The van der Waals surface area contributed by atoms with Crippen molar-refractivity contribution in [2.24, 2.45) is 0 Å². The molecule has 3 rings (SSSR count). The Kier molecular flexibility index (Phi) is 3.71. The first kappa shape index (κ1) is 13.4. The molecule has 5 heteroatoms. The highest BCUT2D eigenvalue weighted by atomic mass is 35.5. The average Bonchev–Trinajstić information content (AvgIpc) is 2.98. The van der Waals surface area contributed by atoms with Crippen molar-refractivity contribution in [2.75, 3.05) is 0 Å². The van der Waals surface area contributed by atoms with Crippen LogP contribution in [0.15, 0.2) is 65.3 Å². The fourth-order valence-electron chi connectivity index (χ4n) is 1.81. The third kappa shape index (κ3) is 3.12. The molecule has 0 unspecified atom stereocenters. The summed E-state index contributed by atoms with van der Waals surface area (Å²) in [4.78, 5) is 15.8. The molecular formula is C16H10ClNO3. The first-order chi connectivity index (χ1) is 10.2. The third-order valence-corrected chi connectivity index (χ3v) is 2.96. The lowest BCUT2D eigenvalue weighted by atomic mass is 10.2. The van der Waals surface area contributed by atoms with Crippen molar-refractivity contribution in [1.82, 2.24) is 4.98 Å². The number of rotatable bonds is 3. The summed E-state index contributed by atoms with van der Waals surface area (Å²) < 4.78 is 10.7. The molecule has 0 saturated heterocycles. The van der Waals surface area contributed by atoms with Crippen LogP contribution in [-0.2, 0) is 0 Å². The Morgan fingerprint density at radius 2 is 1.90 bits per heavy atom. The molecule has 0 fully saturated rings. The monoisotopic (exact) mass is 299 g/mol. The molecule has 0 atom stereocenters. The van der Waals surface area contributed by atoms with Gasteiger partial charge in [0.05, 0.1) is 11.2 Å². The summed E-state index contributed by atoms with van der Waals surface area (Å²) in [6, 6.07) is 14.3. The van der Waals surface area contributed by atoms with Crippen molar-refractivity contribution in [3.05, 3.63) is 71.7 Å². The van der Waals surface area contributed by atoms with Crippen LogP contribution in [0.4, 0.5) is 0 Å². The molecule has 0 aliphatic rings. The van der Waals surface area contributed by atoms with Crippen molar-refractivity contribution in [1.29, 1.82) is 0 Å². The fraction of sp³-hybridized carbons (Fsp3) is 0. The second-order valence-corrected chi connectivity index (χ2v) is 4.69. The minimum atomic E-state index is -0.596. The number of carbonyl (C=O) groups is 1. The zero-order valence-electron chi connectivity index (χ0n) is 10.8. The molecule has 0 spiro atoms. The lowest BCUT2D eigenvalue weighted by Crippen LogP contribution is -2.07. The van der Waals surface area contributed by atoms with Gasteiger partial charge in [-0.2, -0.15) is 0 Å². The van der Waals surface area contributed by atoms with Gasteiger partial charge in [0.2, 0.25) is 5.76 Å². The van der Waals surface area contributed by atoms with Crippen LogP contribution in [0.1, 0.15) is 10.6 Å². The van der Waals surface area contributed by atoms with E-state index < -0.39 is 5.97 Å². The van der Waals surface area contributed by atoms with Crippen LogP contribution in [0.5, 0.6) is 5.75 Å². The number of furan rings is 1. The number of nitrogens with zero attached hydrogens (tertiary/aromatic N) is 1. The minimum absolute atomic E-state index is 0.119. The number of hydrogen-bond donors (Lipinski definition) is 0.